The van der Waals surface area contributed by atoms with Crippen molar-refractivity contribution in [3.63, 3.8) is 0 Å². The van der Waals surface area contributed by atoms with E-state index in [9.17, 15) is 0 Å². The molecule has 0 aliphatic heterocycles. The molecule has 0 bridgehead atoms. The second-order valence-corrected chi connectivity index (χ2v) is 7.56. The average Bonchev–Trinajstić information content (AvgIpc) is 2.82. The van der Waals surface area contributed by atoms with Crippen LogP contribution in [0.4, 0.5) is 11.4 Å². The lowest BCUT2D eigenvalue weighted by molar-refractivity contribution is 0.660. The van der Waals surface area contributed by atoms with Crippen LogP contribution in [0.5, 0.6) is 0 Å². The Bertz CT molecular complexity index is 970. The Morgan fingerprint density at radius 2 is 1.52 bits per heavy atom. The first-order valence-electron chi connectivity index (χ1n) is 8.76. The number of hydrogen-bond acceptors (Lipinski definition) is 2. The zero-order valence-electron chi connectivity index (χ0n) is 15.3. The molecule has 0 spiro atoms. The molecule has 4 rings (SSSR count). The van der Waals surface area contributed by atoms with Crippen molar-refractivity contribution in [3.05, 3.63) is 82.9 Å². The summed E-state index contributed by atoms with van der Waals surface area (Å²) in [7, 11) is 0. The van der Waals surface area contributed by atoms with Crippen LogP contribution in [0.25, 0.3) is 11.1 Å². The van der Waals surface area contributed by atoms with E-state index in [1.54, 1.807) is 5.01 Å². The van der Waals surface area contributed by atoms with Crippen LogP contribution in [0.1, 0.15) is 36.1 Å². The Morgan fingerprint density at radius 1 is 0.800 bits per heavy atom. The molecule has 2 N–H and O–H groups in total. The van der Waals surface area contributed by atoms with Gasteiger partial charge in [-0.15, -0.1) is 0 Å². The summed E-state index contributed by atoms with van der Waals surface area (Å²) in [5.41, 5.74) is 9.87. The molecule has 0 heterocycles. The smallest absolute Gasteiger partial charge is 0.0604 e. The van der Waals surface area contributed by atoms with Crippen LogP contribution in [-0.4, -0.2) is 0 Å². The first-order valence-corrected chi connectivity index (χ1v) is 8.76. The fourth-order valence-corrected chi connectivity index (χ4v) is 4.06. The quantitative estimate of drug-likeness (QED) is 0.488. The van der Waals surface area contributed by atoms with E-state index in [4.69, 9.17) is 5.84 Å². The highest BCUT2D eigenvalue weighted by Crippen LogP contribution is 2.49. The zero-order chi connectivity index (χ0) is 17.8. The molecule has 2 heteroatoms. The van der Waals surface area contributed by atoms with Gasteiger partial charge in [-0.3, -0.25) is 5.01 Å². The fourth-order valence-electron chi connectivity index (χ4n) is 4.06. The normalized spacial score (nSPS) is 14.1. The maximum absolute atomic E-state index is 6.49. The summed E-state index contributed by atoms with van der Waals surface area (Å²) in [5.74, 6) is 6.49. The molecular formula is C23H24N2. The third-order valence-electron chi connectivity index (χ3n) is 5.46. The monoisotopic (exact) mass is 328 g/mol. The number of rotatable bonds is 2. The first kappa shape index (κ1) is 15.9. The van der Waals surface area contributed by atoms with Gasteiger partial charge in [-0.1, -0.05) is 61.9 Å². The van der Waals surface area contributed by atoms with Crippen molar-refractivity contribution >= 4 is 11.4 Å². The van der Waals surface area contributed by atoms with Gasteiger partial charge in [-0.2, -0.15) is 0 Å². The van der Waals surface area contributed by atoms with E-state index < -0.39 is 0 Å². The van der Waals surface area contributed by atoms with Crippen LogP contribution in [0.15, 0.2) is 60.7 Å². The van der Waals surface area contributed by atoms with Crippen molar-refractivity contribution in [1.29, 1.82) is 0 Å². The molecule has 0 atom stereocenters. The summed E-state index contributed by atoms with van der Waals surface area (Å²) in [6, 6.07) is 21.6. The van der Waals surface area contributed by atoms with Crippen LogP contribution in [-0.2, 0) is 5.41 Å². The summed E-state index contributed by atoms with van der Waals surface area (Å²) >= 11 is 0. The molecular weight excluding hydrogens is 304 g/mol. The Hall–Kier alpha value is -2.58. The average molecular weight is 328 g/mol. The first-order chi connectivity index (χ1) is 11.9. The van der Waals surface area contributed by atoms with Gasteiger partial charge in [-0.05, 0) is 59.9 Å². The van der Waals surface area contributed by atoms with Gasteiger partial charge >= 0.3 is 0 Å². The highest BCUT2D eigenvalue weighted by molar-refractivity contribution is 5.83. The SMILES string of the molecule is Cc1ccc(N(N)c2ccc3c(c2)C(C)(C)c2ccccc2-3)c(C)c1. The Morgan fingerprint density at radius 3 is 2.28 bits per heavy atom. The van der Waals surface area contributed by atoms with Crippen LogP contribution >= 0.6 is 0 Å². The molecule has 0 saturated carbocycles. The van der Waals surface area contributed by atoms with E-state index in [2.05, 4.69) is 88.4 Å². The van der Waals surface area contributed by atoms with Crippen LogP contribution in [0.3, 0.4) is 0 Å². The molecule has 1 aliphatic rings. The molecule has 2 nitrogen and oxygen atoms in total. The number of aryl methyl sites for hydroxylation is 2. The van der Waals surface area contributed by atoms with Crippen molar-refractivity contribution in [2.45, 2.75) is 33.1 Å². The van der Waals surface area contributed by atoms with Gasteiger partial charge in [0, 0.05) is 5.41 Å². The van der Waals surface area contributed by atoms with E-state index in [1.165, 1.54) is 33.4 Å². The van der Waals surface area contributed by atoms with Gasteiger partial charge in [0.1, 0.15) is 0 Å². The van der Waals surface area contributed by atoms with Crippen LogP contribution < -0.4 is 10.9 Å². The molecule has 3 aromatic rings. The minimum absolute atomic E-state index is 0.00883. The van der Waals surface area contributed by atoms with E-state index in [0.717, 1.165) is 11.4 Å². The Kier molecular flexibility index (Phi) is 3.48. The predicted octanol–water partition coefficient (Wildman–Crippen LogP) is 5.62. The van der Waals surface area contributed by atoms with Crippen LogP contribution in [0, 0.1) is 13.8 Å². The highest BCUT2D eigenvalue weighted by Gasteiger charge is 2.35. The number of nitrogens with two attached hydrogens (primary N) is 1. The standard InChI is InChI=1S/C23H24N2/c1-15-9-12-22(16(2)13-15)25(24)17-10-11-19-18-7-5-6-8-20(18)23(3,4)21(19)14-17/h5-14H,24H2,1-4H3. The Balaban J connectivity index is 1.82. The van der Waals surface area contributed by atoms with Gasteiger partial charge in [0.25, 0.3) is 0 Å². The van der Waals surface area contributed by atoms with Crippen molar-refractivity contribution in [1.82, 2.24) is 0 Å². The van der Waals surface area contributed by atoms with E-state index in [1.807, 2.05) is 0 Å². The third-order valence-corrected chi connectivity index (χ3v) is 5.46. The van der Waals surface area contributed by atoms with E-state index in [0.29, 0.717) is 0 Å². The van der Waals surface area contributed by atoms with E-state index in [-0.39, 0.29) is 5.41 Å². The van der Waals surface area contributed by atoms with Crippen molar-refractivity contribution in [2.24, 2.45) is 5.84 Å². The number of hydrazine groups is 1. The topological polar surface area (TPSA) is 29.3 Å². The number of benzene rings is 3. The summed E-state index contributed by atoms with van der Waals surface area (Å²) in [4.78, 5) is 0. The lowest BCUT2D eigenvalue weighted by Crippen LogP contribution is -2.26. The second-order valence-electron chi connectivity index (χ2n) is 7.56. The molecule has 1 aliphatic carbocycles. The number of hydrogen-bond donors (Lipinski definition) is 1. The Labute approximate surface area is 149 Å². The van der Waals surface area contributed by atoms with Crippen molar-refractivity contribution in [2.75, 3.05) is 5.01 Å². The third kappa shape index (κ3) is 2.37. The lowest BCUT2D eigenvalue weighted by atomic mass is 9.82. The van der Waals surface area contributed by atoms with Crippen molar-refractivity contribution in [3.8, 4) is 11.1 Å². The van der Waals surface area contributed by atoms with Gasteiger partial charge in [-0.25, -0.2) is 5.84 Å². The fraction of sp³-hybridized carbons (Fsp3) is 0.217. The zero-order valence-corrected chi connectivity index (χ0v) is 15.3. The summed E-state index contributed by atoms with van der Waals surface area (Å²) in [6.07, 6.45) is 0. The molecule has 0 aromatic heterocycles. The maximum Gasteiger partial charge on any atom is 0.0604 e. The predicted molar refractivity (Wildman–Crippen MR) is 106 cm³/mol. The molecule has 0 fully saturated rings. The summed E-state index contributed by atoms with van der Waals surface area (Å²) < 4.78 is 0. The number of fused-ring (bicyclic) bond motifs is 3. The summed E-state index contributed by atoms with van der Waals surface area (Å²) in [5, 5.41) is 1.80. The molecule has 0 saturated heterocycles. The summed E-state index contributed by atoms with van der Waals surface area (Å²) in [6.45, 7) is 8.79. The minimum atomic E-state index is -0.00883. The van der Waals surface area contributed by atoms with Crippen LogP contribution in [0.2, 0.25) is 0 Å². The van der Waals surface area contributed by atoms with Gasteiger partial charge in [0.05, 0.1) is 11.4 Å². The highest BCUT2D eigenvalue weighted by atomic mass is 15.4. The van der Waals surface area contributed by atoms with Gasteiger partial charge in [0.15, 0.2) is 0 Å². The maximum atomic E-state index is 6.49. The van der Waals surface area contributed by atoms with Gasteiger partial charge < -0.3 is 0 Å². The number of nitrogens with zero attached hydrogens (tertiary/aromatic N) is 1. The molecule has 25 heavy (non-hydrogen) atoms. The molecule has 0 unspecified atom stereocenters. The van der Waals surface area contributed by atoms with Crippen molar-refractivity contribution < 1.29 is 0 Å². The second kappa shape index (κ2) is 5.47. The minimum Gasteiger partial charge on any atom is -0.279 e. The number of anilines is 2. The molecule has 0 radical (unpaired) electrons. The molecule has 3 aromatic carbocycles. The lowest BCUT2D eigenvalue weighted by Gasteiger charge is -2.25. The molecule has 0 amide bonds. The van der Waals surface area contributed by atoms with Gasteiger partial charge in [0.2, 0.25) is 0 Å². The van der Waals surface area contributed by atoms with E-state index >= 15 is 0 Å². The largest absolute Gasteiger partial charge is 0.279 e. The molecule has 126 valence electrons.